The van der Waals surface area contributed by atoms with Crippen LogP contribution in [0.2, 0.25) is 0 Å². The predicted octanol–water partition coefficient (Wildman–Crippen LogP) is 1.37. The molecule has 0 aliphatic rings. The van der Waals surface area contributed by atoms with Crippen LogP contribution >= 0.6 is 0 Å². The van der Waals surface area contributed by atoms with Crippen LogP contribution in [-0.2, 0) is 0 Å². The molecule has 0 heterocycles. The first-order valence-electron chi connectivity index (χ1n) is 2.86. The van der Waals surface area contributed by atoms with Gasteiger partial charge in [0, 0.05) is 5.92 Å². The second kappa shape index (κ2) is 3.21. The number of rotatable bonds is 3. The van der Waals surface area contributed by atoms with Gasteiger partial charge in [0.1, 0.15) is 0 Å². The monoisotopic (exact) mass is 157 g/mol. The third-order valence-corrected chi connectivity index (χ3v) is 1.39. The predicted molar refractivity (Wildman–Crippen MR) is 29.8 cm³/mol. The molecular formula is C5H10F3NO. The van der Waals surface area contributed by atoms with Crippen molar-refractivity contribution in [3.05, 3.63) is 0 Å². The van der Waals surface area contributed by atoms with Crippen molar-refractivity contribution in [1.82, 2.24) is 5.34 Å². The Labute approximate surface area is 57.1 Å². The maximum Gasteiger partial charge on any atom is 0.246 e. The van der Waals surface area contributed by atoms with Gasteiger partial charge in [-0.25, -0.2) is 4.39 Å². The summed E-state index contributed by atoms with van der Waals surface area (Å²) in [6, 6.07) is 0. The minimum absolute atomic E-state index is 0.938. The molecule has 0 aromatic rings. The van der Waals surface area contributed by atoms with Gasteiger partial charge in [0.05, 0.1) is 12.0 Å². The van der Waals surface area contributed by atoms with Gasteiger partial charge in [-0.3, -0.25) is 0 Å². The van der Waals surface area contributed by atoms with Gasteiger partial charge in [-0.15, -0.1) is 0 Å². The molecule has 0 fully saturated rings. The number of hydrogen-bond donors (Lipinski definition) is 1. The van der Waals surface area contributed by atoms with E-state index in [1.54, 1.807) is 0 Å². The maximum absolute atomic E-state index is 12.7. The topological polar surface area (TPSA) is 23.5 Å². The molecule has 10 heavy (non-hydrogen) atoms. The number of halogens is 3. The summed E-state index contributed by atoms with van der Waals surface area (Å²) >= 11 is 0. The van der Waals surface area contributed by atoms with Gasteiger partial charge < -0.3 is 5.11 Å². The minimum Gasteiger partial charge on any atom is -0.391 e. The van der Waals surface area contributed by atoms with Crippen LogP contribution in [0.5, 0.6) is 0 Å². The van der Waals surface area contributed by atoms with Crippen molar-refractivity contribution < 1.29 is 18.5 Å². The second-order valence-corrected chi connectivity index (χ2v) is 2.36. The first-order chi connectivity index (χ1) is 4.45. The van der Waals surface area contributed by atoms with Crippen LogP contribution in [0.1, 0.15) is 13.8 Å². The molecule has 0 saturated heterocycles. The molecule has 0 aliphatic heterocycles. The molecule has 0 unspecified atom stereocenters. The van der Waals surface area contributed by atoms with Crippen LogP contribution in [0, 0.1) is 5.92 Å². The summed E-state index contributed by atoms with van der Waals surface area (Å²) < 4.78 is 36.0. The third kappa shape index (κ3) is 1.60. The number of alkyl halides is 1. The van der Waals surface area contributed by atoms with Gasteiger partial charge in [0.15, 0.2) is 0 Å². The lowest BCUT2D eigenvalue weighted by molar-refractivity contribution is -0.304. The average molecular weight is 157 g/mol. The standard InChI is InChI=1S/C5H10F3NO/c1-4(2)5(6,3-10)9(7)8/h4,10H,3H2,1-2H3/t5-/m1/s1. The van der Waals surface area contributed by atoms with Crippen LogP contribution in [0.25, 0.3) is 0 Å². The SMILES string of the molecule is CC(C)[C@@](F)(CO)N(F)F. The molecule has 1 atom stereocenters. The third-order valence-electron chi connectivity index (χ3n) is 1.39. The van der Waals surface area contributed by atoms with Crippen molar-refractivity contribution in [2.24, 2.45) is 5.92 Å². The fourth-order valence-corrected chi connectivity index (χ4v) is 0.431. The Morgan fingerprint density at radius 1 is 1.50 bits per heavy atom. The van der Waals surface area contributed by atoms with Crippen molar-refractivity contribution in [1.29, 1.82) is 0 Å². The van der Waals surface area contributed by atoms with E-state index in [2.05, 4.69) is 0 Å². The van der Waals surface area contributed by atoms with Crippen molar-refractivity contribution in [2.45, 2.75) is 19.6 Å². The molecular weight excluding hydrogens is 147 g/mol. The summed E-state index contributed by atoms with van der Waals surface area (Å²) in [5.74, 6) is -3.84. The molecule has 0 radical (unpaired) electrons. The van der Waals surface area contributed by atoms with E-state index in [0.717, 1.165) is 0 Å². The van der Waals surface area contributed by atoms with Crippen molar-refractivity contribution in [2.75, 3.05) is 6.61 Å². The lowest BCUT2D eigenvalue weighted by atomic mass is 10.0. The Bertz CT molecular complexity index is 99.1. The molecule has 62 valence electrons. The molecule has 0 amide bonds. The average Bonchev–Trinajstić information content (AvgIpc) is 1.85. The molecule has 5 heteroatoms. The molecule has 0 aromatic heterocycles. The zero-order valence-corrected chi connectivity index (χ0v) is 5.81. The largest absolute Gasteiger partial charge is 0.391 e. The zero-order valence-electron chi connectivity index (χ0n) is 5.81. The fraction of sp³-hybridized carbons (Fsp3) is 1.00. The first-order valence-corrected chi connectivity index (χ1v) is 2.86. The van der Waals surface area contributed by atoms with E-state index in [9.17, 15) is 13.4 Å². The Morgan fingerprint density at radius 3 is 1.90 bits per heavy atom. The molecule has 2 nitrogen and oxygen atoms in total. The quantitative estimate of drug-likeness (QED) is 0.494. The Hall–Kier alpha value is -0.290. The molecule has 0 bridgehead atoms. The molecule has 0 aromatic carbocycles. The second-order valence-electron chi connectivity index (χ2n) is 2.36. The van der Waals surface area contributed by atoms with Crippen molar-refractivity contribution >= 4 is 0 Å². The highest BCUT2D eigenvalue weighted by Gasteiger charge is 2.41. The lowest BCUT2D eigenvalue weighted by Gasteiger charge is -2.25. The highest BCUT2D eigenvalue weighted by molar-refractivity contribution is 4.73. The summed E-state index contributed by atoms with van der Waals surface area (Å²) in [5.41, 5.74) is 0. The number of aliphatic hydroxyl groups is 1. The van der Waals surface area contributed by atoms with E-state index in [1.807, 2.05) is 0 Å². The summed E-state index contributed by atoms with van der Waals surface area (Å²) in [6.07, 6.45) is 0. The molecule has 0 aliphatic carbocycles. The molecule has 0 spiro atoms. The smallest absolute Gasteiger partial charge is 0.246 e. The van der Waals surface area contributed by atoms with Crippen molar-refractivity contribution in [3.63, 3.8) is 0 Å². The molecule has 1 N–H and O–H groups in total. The first kappa shape index (κ1) is 9.71. The number of aliphatic hydroxyl groups excluding tert-OH is 1. The molecule has 0 rings (SSSR count). The minimum atomic E-state index is -2.90. The molecule has 0 saturated carbocycles. The highest BCUT2D eigenvalue weighted by Crippen LogP contribution is 2.26. The van der Waals surface area contributed by atoms with E-state index >= 15 is 0 Å². The summed E-state index contributed by atoms with van der Waals surface area (Å²) in [6.45, 7) is 1.34. The van der Waals surface area contributed by atoms with E-state index in [0.29, 0.717) is 0 Å². The van der Waals surface area contributed by atoms with Crippen molar-refractivity contribution in [3.8, 4) is 0 Å². The van der Waals surface area contributed by atoms with E-state index in [1.165, 1.54) is 13.8 Å². The fourth-order valence-electron chi connectivity index (χ4n) is 0.431. The van der Waals surface area contributed by atoms with Gasteiger partial charge >= 0.3 is 0 Å². The summed E-state index contributed by atoms with van der Waals surface area (Å²) in [4.78, 5) is 0. The summed E-state index contributed by atoms with van der Waals surface area (Å²) in [7, 11) is 0. The number of hydrogen-bond acceptors (Lipinski definition) is 2. The van der Waals surface area contributed by atoms with Gasteiger partial charge in [-0.05, 0) is 0 Å². The number of nitrogens with zero attached hydrogens (tertiary/aromatic N) is 1. The Kier molecular flexibility index (Phi) is 3.11. The van der Waals surface area contributed by atoms with E-state index in [4.69, 9.17) is 5.11 Å². The van der Waals surface area contributed by atoms with Gasteiger partial charge in [-0.1, -0.05) is 22.8 Å². The van der Waals surface area contributed by atoms with Crippen LogP contribution in [0.4, 0.5) is 13.4 Å². The maximum atomic E-state index is 12.7. The normalized spacial score (nSPS) is 18.0. The summed E-state index contributed by atoms with van der Waals surface area (Å²) in [5, 5.41) is 6.63. The zero-order chi connectivity index (χ0) is 8.36. The van der Waals surface area contributed by atoms with E-state index in [-0.39, 0.29) is 0 Å². The van der Waals surface area contributed by atoms with Crippen LogP contribution in [0.3, 0.4) is 0 Å². The highest BCUT2D eigenvalue weighted by atomic mass is 19.4. The van der Waals surface area contributed by atoms with Gasteiger partial charge in [0.2, 0.25) is 5.79 Å². The lowest BCUT2D eigenvalue weighted by Crippen LogP contribution is -2.43. The van der Waals surface area contributed by atoms with Gasteiger partial charge in [-0.2, -0.15) is 0 Å². The van der Waals surface area contributed by atoms with Crippen LogP contribution < -0.4 is 0 Å². The van der Waals surface area contributed by atoms with Gasteiger partial charge in [0.25, 0.3) is 0 Å². The van der Waals surface area contributed by atoms with Crippen LogP contribution in [-0.4, -0.2) is 22.9 Å². The Balaban J connectivity index is 4.23. The van der Waals surface area contributed by atoms with Crippen LogP contribution in [0.15, 0.2) is 0 Å². The Morgan fingerprint density at radius 2 is 1.90 bits per heavy atom. The van der Waals surface area contributed by atoms with E-state index < -0.39 is 23.7 Å².